The van der Waals surface area contributed by atoms with Gasteiger partial charge in [0.1, 0.15) is 5.69 Å². The van der Waals surface area contributed by atoms with Gasteiger partial charge in [-0.2, -0.15) is 0 Å². The van der Waals surface area contributed by atoms with E-state index in [-0.39, 0.29) is 11.3 Å². The summed E-state index contributed by atoms with van der Waals surface area (Å²) in [6.45, 7) is 5.70. The molecule has 7 nitrogen and oxygen atoms in total. The van der Waals surface area contributed by atoms with Gasteiger partial charge in [-0.1, -0.05) is 30.4 Å². The highest BCUT2D eigenvalue weighted by molar-refractivity contribution is 7.22. The van der Waals surface area contributed by atoms with Crippen LogP contribution in [-0.4, -0.2) is 28.9 Å². The molecule has 3 aromatic rings. The third-order valence-corrected chi connectivity index (χ3v) is 6.21. The monoisotopic (exact) mass is 410 g/mol. The van der Waals surface area contributed by atoms with Crippen LogP contribution in [0.3, 0.4) is 0 Å². The Balaban J connectivity index is 1.60. The van der Waals surface area contributed by atoms with Crippen LogP contribution >= 0.6 is 11.3 Å². The first-order valence-corrected chi connectivity index (χ1v) is 10.4. The summed E-state index contributed by atoms with van der Waals surface area (Å²) >= 11 is 1.39. The summed E-state index contributed by atoms with van der Waals surface area (Å²) in [5.41, 5.74) is 2.69. The van der Waals surface area contributed by atoms with Gasteiger partial charge in [-0.05, 0) is 49.4 Å². The number of fused-ring (bicyclic) bond motifs is 1. The fourth-order valence-corrected chi connectivity index (χ4v) is 4.73. The van der Waals surface area contributed by atoms with Crippen LogP contribution in [0.5, 0.6) is 0 Å². The number of rotatable bonds is 4. The van der Waals surface area contributed by atoms with E-state index >= 15 is 0 Å². The average molecular weight is 410 g/mol. The van der Waals surface area contributed by atoms with Crippen molar-refractivity contribution in [2.24, 2.45) is 5.92 Å². The van der Waals surface area contributed by atoms with Crippen LogP contribution in [0.1, 0.15) is 35.7 Å². The molecule has 1 aliphatic rings. The highest BCUT2D eigenvalue weighted by Gasteiger charge is 2.25. The van der Waals surface area contributed by atoms with Crippen LogP contribution in [0.25, 0.3) is 10.2 Å². The summed E-state index contributed by atoms with van der Waals surface area (Å²) in [4.78, 5) is 30.5. The maximum Gasteiger partial charge on any atom is 0.293 e. The van der Waals surface area contributed by atoms with Gasteiger partial charge in [0.15, 0.2) is 5.13 Å². The molecule has 1 aliphatic heterocycles. The van der Waals surface area contributed by atoms with E-state index < -0.39 is 10.8 Å². The molecule has 1 N–H and O–H groups in total. The number of para-hydroxylation sites is 1. The minimum atomic E-state index is -0.410. The number of nitro groups is 1. The molecule has 2 heterocycles. The van der Waals surface area contributed by atoms with Crippen molar-refractivity contribution in [3.8, 4) is 0 Å². The van der Waals surface area contributed by atoms with Crippen LogP contribution in [0.4, 0.5) is 16.5 Å². The molecule has 1 amide bonds. The molecule has 1 saturated heterocycles. The quantitative estimate of drug-likeness (QED) is 0.483. The number of amides is 1. The van der Waals surface area contributed by atoms with Crippen molar-refractivity contribution in [2.75, 3.05) is 23.3 Å². The third-order valence-electron chi connectivity index (χ3n) is 5.27. The molecule has 29 heavy (non-hydrogen) atoms. The Morgan fingerprint density at radius 1 is 1.34 bits per heavy atom. The van der Waals surface area contributed by atoms with Crippen molar-refractivity contribution in [1.82, 2.24) is 4.98 Å². The average Bonchev–Trinajstić information content (AvgIpc) is 3.11. The summed E-state index contributed by atoms with van der Waals surface area (Å²) < 4.78 is 0.987. The molecule has 0 spiro atoms. The minimum absolute atomic E-state index is 0.0353. The zero-order valence-electron chi connectivity index (χ0n) is 16.3. The van der Waals surface area contributed by atoms with Gasteiger partial charge in [0.2, 0.25) is 0 Å². The fraction of sp³-hybridized carbons (Fsp3) is 0.333. The molecule has 4 rings (SSSR count). The Morgan fingerprint density at radius 2 is 2.17 bits per heavy atom. The predicted octanol–water partition coefficient (Wildman–Crippen LogP) is 5.00. The van der Waals surface area contributed by atoms with Crippen LogP contribution in [0.2, 0.25) is 0 Å². The van der Waals surface area contributed by atoms with E-state index in [1.807, 2.05) is 30.0 Å². The standard InChI is InChI=1S/C21H22N4O3S/c1-13-5-4-10-24(12-13)16-9-8-15(11-17(16)25(27)28)20(26)23-21-22-19-14(2)6-3-7-18(19)29-21/h3,6-9,11,13H,4-5,10,12H2,1-2H3,(H,22,23,26)/t13-/m0/s1. The fourth-order valence-electron chi connectivity index (χ4n) is 3.80. The molecule has 1 fully saturated rings. The summed E-state index contributed by atoms with van der Waals surface area (Å²) in [5.74, 6) is 0.0946. The SMILES string of the molecule is Cc1cccc2sc(NC(=O)c3ccc(N4CCC[C@H](C)C4)c([N+](=O)[O-])c3)nc12. The number of hydrogen-bond acceptors (Lipinski definition) is 6. The van der Waals surface area contributed by atoms with Crippen molar-refractivity contribution in [2.45, 2.75) is 26.7 Å². The first-order chi connectivity index (χ1) is 13.9. The number of benzene rings is 2. The van der Waals surface area contributed by atoms with Crippen molar-refractivity contribution in [3.05, 3.63) is 57.6 Å². The summed E-state index contributed by atoms with van der Waals surface area (Å²) in [5, 5.41) is 14.9. The van der Waals surface area contributed by atoms with Gasteiger partial charge >= 0.3 is 0 Å². The Hall–Kier alpha value is -3.00. The number of carbonyl (C=O) groups excluding carboxylic acids is 1. The molecule has 2 aromatic carbocycles. The Bertz CT molecular complexity index is 1090. The lowest BCUT2D eigenvalue weighted by atomic mass is 9.99. The van der Waals surface area contributed by atoms with Gasteiger partial charge in [0.05, 0.1) is 15.1 Å². The molecule has 0 unspecified atom stereocenters. The number of nitrogens with one attached hydrogen (secondary N) is 1. The van der Waals surface area contributed by atoms with Crippen molar-refractivity contribution in [3.63, 3.8) is 0 Å². The number of aryl methyl sites for hydroxylation is 1. The molecule has 0 radical (unpaired) electrons. The Morgan fingerprint density at radius 3 is 2.90 bits per heavy atom. The summed E-state index contributed by atoms with van der Waals surface area (Å²) in [6.07, 6.45) is 2.14. The maximum atomic E-state index is 12.7. The molecule has 8 heteroatoms. The molecule has 0 aliphatic carbocycles. The van der Waals surface area contributed by atoms with Crippen molar-refractivity contribution in [1.29, 1.82) is 0 Å². The van der Waals surface area contributed by atoms with Gasteiger partial charge in [0, 0.05) is 24.7 Å². The molecular formula is C21H22N4O3S. The van der Waals surface area contributed by atoms with Crippen LogP contribution in [-0.2, 0) is 0 Å². The zero-order valence-corrected chi connectivity index (χ0v) is 17.2. The highest BCUT2D eigenvalue weighted by Crippen LogP contribution is 2.33. The van der Waals surface area contributed by atoms with Gasteiger partial charge in [-0.15, -0.1) is 0 Å². The number of nitro benzene ring substituents is 1. The van der Waals surface area contributed by atoms with E-state index in [0.717, 1.165) is 41.7 Å². The molecule has 0 saturated carbocycles. The van der Waals surface area contributed by atoms with Crippen LogP contribution < -0.4 is 10.2 Å². The van der Waals surface area contributed by atoms with E-state index in [2.05, 4.69) is 17.2 Å². The molecule has 1 aromatic heterocycles. The number of hydrogen-bond donors (Lipinski definition) is 1. The van der Waals surface area contributed by atoms with Gasteiger partial charge in [0.25, 0.3) is 11.6 Å². The van der Waals surface area contributed by atoms with Gasteiger partial charge in [-0.25, -0.2) is 4.98 Å². The van der Waals surface area contributed by atoms with Crippen LogP contribution in [0.15, 0.2) is 36.4 Å². The molecule has 0 bridgehead atoms. The number of nitrogens with zero attached hydrogens (tertiary/aromatic N) is 3. The second kappa shape index (κ2) is 7.79. The van der Waals surface area contributed by atoms with E-state index in [4.69, 9.17) is 0 Å². The van der Waals surface area contributed by atoms with Gasteiger partial charge in [-0.3, -0.25) is 20.2 Å². The van der Waals surface area contributed by atoms with E-state index in [1.54, 1.807) is 12.1 Å². The predicted molar refractivity (Wildman–Crippen MR) is 116 cm³/mol. The molecular weight excluding hydrogens is 388 g/mol. The first-order valence-electron chi connectivity index (χ1n) is 9.63. The van der Waals surface area contributed by atoms with E-state index in [0.29, 0.717) is 16.7 Å². The minimum Gasteiger partial charge on any atom is -0.366 e. The number of anilines is 2. The first kappa shape index (κ1) is 19.3. The third kappa shape index (κ3) is 3.93. The second-order valence-corrected chi connectivity index (χ2v) is 8.58. The normalized spacial score (nSPS) is 16.8. The summed E-state index contributed by atoms with van der Waals surface area (Å²) in [7, 11) is 0. The van der Waals surface area contributed by atoms with Crippen molar-refractivity contribution >= 4 is 44.0 Å². The maximum absolute atomic E-state index is 12.7. The van der Waals surface area contributed by atoms with Gasteiger partial charge < -0.3 is 4.90 Å². The highest BCUT2D eigenvalue weighted by atomic mass is 32.1. The second-order valence-electron chi connectivity index (χ2n) is 7.55. The number of piperidine rings is 1. The molecule has 150 valence electrons. The number of thiazole rings is 1. The Labute approximate surface area is 172 Å². The number of aromatic nitrogens is 1. The smallest absolute Gasteiger partial charge is 0.293 e. The van der Waals surface area contributed by atoms with Crippen LogP contribution in [0, 0.1) is 23.0 Å². The lowest BCUT2D eigenvalue weighted by molar-refractivity contribution is -0.384. The Kier molecular flexibility index (Phi) is 5.19. The largest absolute Gasteiger partial charge is 0.366 e. The molecule has 1 atom stereocenters. The van der Waals surface area contributed by atoms with Crippen molar-refractivity contribution < 1.29 is 9.72 Å². The van der Waals surface area contributed by atoms with E-state index in [1.165, 1.54) is 17.4 Å². The lowest BCUT2D eigenvalue weighted by Gasteiger charge is -2.32. The topological polar surface area (TPSA) is 88.4 Å². The lowest BCUT2D eigenvalue weighted by Crippen LogP contribution is -2.34. The zero-order chi connectivity index (χ0) is 20.5. The number of carbonyl (C=O) groups is 1. The summed E-state index contributed by atoms with van der Waals surface area (Å²) in [6, 6.07) is 10.6. The van der Waals surface area contributed by atoms with E-state index in [9.17, 15) is 14.9 Å².